The van der Waals surface area contributed by atoms with Crippen LogP contribution in [0, 0.1) is 20.8 Å². The molecule has 0 aliphatic carbocycles. The van der Waals surface area contributed by atoms with E-state index in [0.717, 1.165) is 17.1 Å². The third-order valence-corrected chi connectivity index (χ3v) is 4.34. The highest BCUT2D eigenvalue weighted by Gasteiger charge is 2.23. The summed E-state index contributed by atoms with van der Waals surface area (Å²) in [5.74, 6) is 0. The lowest BCUT2D eigenvalue weighted by Gasteiger charge is -2.24. The van der Waals surface area contributed by atoms with Gasteiger partial charge in [0, 0.05) is 16.8 Å². The molecule has 0 spiro atoms. The van der Waals surface area contributed by atoms with Crippen LogP contribution in [0.15, 0.2) is 24.3 Å². The molecule has 2 rings (SSSR count). The Morgan fingerprint density at radius 2 is 2.00 bits per heavy atom. The number of nitrogens with zero attached hydrogens (tertiary/aromatic N) is 1. The highest BCUT2D eigenvalue weighted by molar-refractivity contribution is 7.11. The van der Waals surface area contributed by atoms with Crippen LogP contribution in [0.3, 0.4) is 0 Å². The van der Waals surface area contributed by atoms with Crippen LogP contribution in [-0.4, -0.2) is 4.98 Å². The number of aromatic nitrogens is 1. The summed E-state index contributed by atoms with van der Waals surface area (Å²) in [6.07, 6.45) is 0.788. The van der Waals surface area contributed by atoms with Gasteiger partial charge in [0.15, 0.2) is 0 Å². The predicted molar refractivity (Wildman–Crippen MR) is 78.0 cm³/mol. The number of thiazole rings is 1. The van der Waals surface area contributed by atoms with Crippen molar-refractivity contribution in [1.29, 1.82) is 0 Å². The summed E-state index contributed by atoms with van der Waals surface area (Å²) in [7, 11) is 0. The van der Waals surface area contributed by atoms with Gasteiger partial charge in [0.25, 0.3) is 0 Å². The molecule has 0 saturated carbocycles. The smallest absolute Gasteiger partial charge is 0.0952 e. The lowest BCUT2D eigenvalue weighted by atomic mass is 9.89. The van der Waals surface area contributed by atoms with Crippen LogP contribution in [0.25, 0.3) is 0 Å². The van der Waals surface area contributed by atoms with Gasteiger partial charge < -0.3 is 5.73 Å². The fourth-order valence-corrected chi connectivity index (χ4v) is 3.13. The van der Waals surface area contributed by atoms with Gasteiger partial charge in [0.2, 0.25) is 0 Å². The minimum absolute atomic E-state index is 0.358. The first kappa shape index (κ1) is 13.2. The SMILES string of the molecule is Cc1cccc(C(C)(N)Cc2nc(C)c(C)s2)c1. The van der Waals surface area contributed by atoms with Gasteiger partial charge in [0.1, 0.15) is 0 Å². The zero-order valence-electron chi connectivity index (χ0n) is 11.4. The molecular formula is C15H20N2S. The molecule has 3 heteroatoms. The van der Waals surface area contributed by atoms with E-state index in [2.05, 4.69) is 56.9 Å². The summed E-state index contributed by atoms with van der Waals surface area (Å²) in [5, 5.41) is 1.12. The van der Waals surface area contributed by atoms with Crippen molar-refractivity contribution in [3.05, 3.63) is 51.0 Å². The van der Waals surface area contributed by atoms with Gasteiger partial charge >= 0.3 is 0 Å². The lowest BCUT2D eigenvalue weighted by Crippen LogP contribution is -2.35. The highest BCUT2D eigenvalue weighted by Crippen LogP contribution is 2.26. The van der Waals surface area contributed by atoms with Gasteiger partial charge in [-0.1, -0.05) is 29.8 Å². The van der Waals surface area contributed by atoms with Crippen LogP contribution >= 0.6 is 11.3 Å². The summed E-state index contributed by atoms with van der Waals surface area (Å²) >= 11 is 1.75. The number of aryl methyl sites for hydroxylation is 3. The Balaban J connectivity index is 2.26. The average Bonchev–Trinajstić information content (AvgIpc) is 2.57. The first-order valence-corrected chi connectivity index (χ1v) is 6.99. The second-order valence-corrected chi connectivity index (χ2v) is 6.50. The molecule has 2 aromatic rings. The van der Waals surface area contributed by atoms with Crippen molar-refractivity contribution in [2.24, 2.45) is 5.73 Å². The van der Waals surface area contributed by atoms with E-state index >= 15 is 0 Å². The molecule has 1 atom stereocenters. The minimum atomic E-state index is -0.358. The number of benzene rings is 1. The van der Waals surface area contributed by atoms with Crippen molar-refractivity contribution in [2.45, 2.75) is 39.7 Å². The number of hydrogen-bond acceptors (Lipinski definition) is 3. The maximum absolute atomic E-state index is 6.46. The van der Waals surface area contributed by atoms with Crippen LogP contribution in [-0.2, 0) is 12.0 Å². The molecule has 2 nitrogen and oxygen atoms in total. The zero-order chi connectivity index (χ0) is 13.3. The highest BCUT2D eigenvalue weighted by atomic mass is 32.1. The summed E-state index contributed by atoms with van der Waals surface area (Å²) in [5.41, 5.74) is 9.65. The van der Waals surface area contributed by atoms with E-state index in [1.54, 1.807) is 11.3 Å². The van der Waals surface area contributed by atoms with Crippen molar-refractivity contribution in [2.75, 3.05) is 0 Å². The maximum atomic E-state index is 6.46. The number of rotatable bonds is 3. The van der Waals surface area contributed by atoms with Gasteiger partial charge in [-0.15, -0.1) is 11.3 Å². The second-order valence-electron chi connectivity index (χ2n) is 5.21. The molecule has 0 bridgehead atoms. The third kappa shape index (κ3) is 2.79. The van der Waals surface area contributed by atoms with E-state index < -0.39 is 0 Å². The third-order valence-electron chi connectivity index (χ3n) is 3.27. The van der Waals surface area contributed by atoms with Gasteiger partial charge in [0.05, 0.1) is 10.7 Å². The molecule has 1 aromatic carbocycles. The average molecular weight is 260 g/mol. The fourth-order valence-electron chi connectivity index (χ4n) is 2.03. The number of hydrogen-bond donors (Lipinski definition) is 1. The summed E-state index contributed by atoms with van der Waals surface area (Å²) in [6, 6.07) is 8.42. The van der Waals surface area contributed by atoms with E-state index in [4.69, 9.17) is 5.73 Å². The minimum Gasteiger partial charge on any atom is -0.321 e. The second kappa shape index (κ2) is 4.82. The molecular weight excluding hydrogens is 240 g/mol. The quantitative estimate of drug-likeness (QED) is 0.917. The standard InChI is InChI=1S/C15H20N2S/c1-10-6-5-7-13(8-10)15(4,16)9-14-17-11(2)12(3)18-14/h5-8H,9,16H2,1-4H3. The van der Waals surface area contributed by atoms with E-state index in [1.165, 1.54) is 16.0 Å². The van der Waals surface area contributed by atoms with Crippen molar-refractivity contribution >= 4 is 11.3 Å². The van der Waals surface area contributed by atoms with Crippen LogP contribution in [0.5, 0.6) is 0 Å². The fraction of sp³-hybridized carbons (Fsp3) is 0.400. The molecule has 1 heterocycles. The van der Waals surface area contributed by atoms with Gasteiger partial charge in [-0.2, -0.15) is 0 Å². The van der Waals surface area contributed by atoms with Crippen molar-refractivity contribution < 1.29 is 0 Å². The molecule has 0 aliphatic heterocycles. The molecule has 0 aliphatic rings. The molecule has 0 amide bonds. The van der Waals surface area contributed by atoms with E-state index in [-0.39, 0.29) is 5.54 Å². The van der Waals surface area contributed by atoms with Crippen molar-refractivity contribution in [3.8, 4) is 0 Å². The summed E-state index contributed by atoms with van der Waals surface area (Å²) in [4.78, 5) is 5.86. The van der Waals surface area contributed by atoms with E-state index in [9.17, 15) is 0 Å². The maximum Gasteiger partial charge on any atom is 0.0952 e. The van der Waals surface area contributed by atoms with Crippen LogP contribution in [0.1, 0.15) is 33.6 Å². The Bertz CT molecular complexity index is 536. The largest absolute Gasteiger partial charge is 0.321 e. The first-order valence-electron chi connectivity index (χ1n) is 6.17. The molecule has 1 unspecified atom stereocenters. The van der Waals surface area contributed by atoms with Crippen molar-refractivity contribution in [3.63, 3.8) is 0 Å². The summed E-state index contributed by atoms with van der Waals surface area (Å²) < 4.78 is 0. The molecule has 0 fully saturated rings. The molecule has 18 heavy (non-hydrogen) atoms. The molecule has 2 N–H and O–H groups in total. The van der Waals surface area contributed by atoms with E-state index in [1.807, 2.05) is 0 Å². The lowest BCUT2D eigenvalue weighted by molar-refractivity contribution is 0.489. The van der Waals surface area contributed by atoms with Crippen molar-refractivity contribution in [1.82, 2.24) is 4.98 Å². The Morgan fingerprint density at radius 1 is 1.28 bits per heavy atom. The van der Waals surface area contributed by atoms with Crippen LogP contribution < -0.4 is 5.73 Å². The summed E-state index contributed by atoms with van der Waals surface area (Å²) in [6.45, 7) is 8.33. The molecule has 0 radical (unpaired) electrons. The first-order chi connectivity index (χ1) is 8.38. The molecule has 96 valence electrons. The Labute approximate surface area is 113 Å². The number of nitrogens with two attached hydrogens (primary N) is 1. The Hall–Kier alpha value is -1.19. The Kier molecular flexibility index (Phi) is 3.55. The predicted octanol–water partition coefficient (Wildman–Crippen LogP) is 3.48. The Morgan fingerprint density at radius 3 is 2.56 bits per heavy atom. The molecule has 0 saturated heterocycles. The zero-order valence-corrected chi connectivity index (χ0v) is 12.3. The monoisotopic (exact) mass is 260 g/mol. The normalized spacial score (nSPS) is 14.5. The van der Waals surface area contributed by atoms with Gasteiger partial charge in [-0.05, 0) is 33.3 Å². The van der Waals surface area contributed by atoms with Gasteiger partial charge in [-0.25, -0.2) is 4.98 Å². The molecule has 1 aromatic heterocycles. The van der Waals surface area contributed by atoms with Crippen LogP contribution in [0.4, 0.5) is 0 Å². The topological polar surface area (TPSA) is 38.9 Å². The van der Waals surface area contributed by atoms with Gasteiger partial charge in [-0.3, -0.25) is 0 Å². The van der Waals surface area contributed by atoms with Crippen LogP contribution in [0.2, 0.25) is 0 Å². The van der Waals surface area contributed by atoms with E-state index in [0.29, 0.717) is 0 Å².